The first-order valence-corrected chi connectivity index (χ1v) is 5.45. The molecule has 2 unspecified atom stereocenters. The van der Waals surface area contributed by atoms with Crippen molar-refractivity contribution in [3.05, 3.63) is 17.4 Å². The minimum Gasteiger partial charge on any atom is -0.393 e. The van der Waals surface area contributed by atoms with E-state index in [1.54, 1.807) is 12.4 Å². The number of aliphatic hydroxyl groups excluding tert-OH is 1. The maximum atomic E-state index is 9.47. The number of nitrogens with zero attached hydrogens (tertiary/aromatic N) is 3. The van der Waals surface area contributed by atoms with Crippen LogP contribution in [0.15, 0.2) is 12.4 Å². The molecular weight excluding hydrogens is 214 g/mol. The van der Waals surface area contributed by atoms with Crippen LogP contribution in [0.2, 0.25) is 5.02 Å². The van der Waals surface area contributed by atoms with Crippen molar-refractivity contribution in [1.82, 2.24) is 9.97 Å². The van der Waals surface area contributed by atoms with Gasteiger partial charge >= 0.3 is 0 Å². The molecule has 15 heavy (non-hydrogen) atoms. The van der Waals surface area contributed by atoms with Gasteiger partial charge in [-0.05, 0) is 13.3 Å². The third kappa shape index (κ3) is 2.38. The summed E-state index contributed by atoms with van der Waals surface area (Å²) in [7, 11) is 0. The summed E-state index contributed by atoms with van der Waals surface area (Å²) in [5.41, 5.74) is 0. The zero-order valence-corrected chi connectivity index (χ0v) is 9.35. The van der Waals surface area contributed by atoms with Gasteiger partial charge < -0.3 is 10.0 Å². The van der Waals surface area contributed by atoms with E-state index in [9.17, 15) is 5.11 Å². The van der Waals surface area contributed by atoms with Crippen molar-refractivity contribution in [3.63, 3.8) is 0 Å². The van der Waals surface area contributed by atoms with Gasteiger partial charge in [-0.25, -0.2) is 9.97 Å². The largest absolute Gasteiger partial charge is 0.393 e. The van der Waals surface area contributed by atoms with Crippen LogP contribution in [0.1, 0.15) is 13.3 Å². The number of hydrogen-bond acceptors (Lipinski definition) is 4. The first kappa shape index (κ1) is 10.6. The Balaban J connectivity index is 2.04. The van der Waals surface area contributed by atoms with Gasteiger partial charge in [0.1, 0.15) is 0 Å². The highest BCUT2D eigenvalue weighted by Gasteiger charge is 2.27. The van der Waals surface area contributed by atoms with Crippen molar-refractivity contribution >= 4 is 17.5 Å². The maximum Gasteiger partial charge on any atom is 0.225 e. The van der Waals surface area contributed by atoms with Crippen LogP contribution in [0.3, 0.4) is 0 Å². The van der Waals surface area contributed by atoms with Gasteiger partial charge in [-0.2, -0.15) is 0 Å². The Morgan fingerprint density at radius 2 is 2.20 bits per heavy atom. The Labute approximate surface area is 93.9 Å². The van der Waals surface area contributed by atoms with Crippen molar-refractivity contribution < 1.29 is 5.11 Å². The summed E-state index contributed by atoms with van der Waals surface area (Å²) < 4.78 is 0. The van der Waals surface area contributed by atoms with Crippen LogP contribution in [0, 0.1) is 5.92 Å². The molecular formula is C10H14ClN3O. The van der Waals surface area contributed by atoms with Gasteiger partial charge in [0.15, 0.2) is 0 Å². The van der Waals surface area contributed by atoms with Crippen molar-refractivity contribution in [2.45, 2.75) is 19.4 Å². The predicted molar refractivity (Wildman–Crippen MR) is 59.0 cm³/mol. The molecule has 0 saturated carbocycles. The van der Waals surface area contributed by atoms with Gasteiger partial charge in [-0.15, -0.1) is 0 Å². The fourth-order valence-corrected chi connectivity index (χ4v) is 1.93. The highest BCUT2D eigenvalue weighted by Crippen LogP contribution is 2.23. The lowest BCUT2D eigenvalue weighted by Crippen LogP contribution is -2.25. The fourth-order valence-electron chi connectivity index (χ4n) is 1.83. The summed E-state index contributed by atoms with van der Waals surface area (Å²) in [6.45, 7) is 3.55. The SMILES string of the molecule is CC(O)C1CCN(c2ncc(Cl)cn2)C1. The van der Waals surface area contributed by atoms with Crippen LogP contribution in [0.25, 0.3) is 0 Å². The molecule has 0 spiro atoms. The van der Waals surface area contributed by atoms with Crippen molar-refractivity contribution in [2.24, 2.45) is 5.92 Å². The van der Waals surface area contributed by atoms with Crippen LogP contribution >= 0.6 is 11.6 Å². The van der Waals surface area contributed by atoms with E-state index in [4.69, 9.17) is 11.6 Å². The molecule has 2 heterocycles. The summed E-state index contributed by atoms with van der Waals surface area (Å²) in [5, 5.41) is 10.0. The molecule has 1 aromatic rings. The molecule has 1 aliphatic heterocycles. The third-order valence-electron chi connectivity index (χ3n) is 2.80. The van der Waals surface area contributed by atoms with Crippen LogP contribution in [-0.4, -0.2) is 34.3 Å². The third-order valence-corrected chi connectivity index (χ3v) is 2.99. The molecule has 0 aliphatic carbocycles. The van der Waals surface area contributed by atoms with Crippen LogP contribution in [0.5, 0.6) is 0 Å². The number of halogens is 1. The molecule has 0 aromatic carbocycles. The van der Waals surface area contributed by atoms with E-state index < -0.39 is 0 Å². The highest BCUT2D eigenvalue weighted by molar-refractivity contribution is 6.30. The summed E-state index contributed by atoms with van der Waals surface area (Å²) in [6.07, 6.45) is 3.92. The smallest absolute Gasteiger partial charge is 0.225 e. The lowest BCUT2D eigenvalue weighted by Gasteiger charge is -2.17. The monoisotopic (exact) mass is 227 g/mol. The second-order valence-electron chi connectivity index (χ2n) is 3.94. The molecule has 5 heteroatoms. The zero-order valence-electron chi connectivity index (χ0n) is 8.60. The molecule has 0 bridgehead atoms. The highest BCUT2D eigenvalue weighted by atomic mass is 35.5. The fraction of sp³-hybridized carbons (Fsp3) is 0.600. The van der Waals surface area contributed by atoms with Crippen LogP contribution in [-0.2, 0) is 0 Å². The molecule has 2 rings (SSSR count). The Morgan fingerprint density at radius 1 is 1.53 bits per heavy atom. The lowest BCUT2D eigenvalue weighted by molar-refractivity contribution is 0.136. The Hall–Kier alpha value is -0.870. The number of anilines is 1. The van der Waals surface area contributed by atoms with Crippen molar-refractivity contribution in [2.75, 3.05) is 18.0 Å². The van der Waals surface area contributed by atoms with Crippen LogP contribution < -0.4 is 4.90 Å². The van der Waals surface area contributed by atoms with Crippen molar-refractivity contribution in [3.8, 4) is 0 Å². The molecule has 0 radical (unpaired) electrons. The average Bonchev–Trinajstić information content (AvgIpc) is 2.68. The van der Waals surface area contributed by atoms with E-state index in [0.29, 0.717) is 16.9 Å². The molecule has 1 fully saturated rings. The second kappa shape index (κ2) is 4.33. The van der Waals surface area contributed by atoms with Gasteiger partial charge in [0.05, 0.1) is 23.5 Å². The molecule has 82 valence electrons. The normalized spacial score (nSPS) is 23.1. The minimum absolute atomic E-state index is 0.262. The van der Waals surface area contributed by atoms with Crippen LogP contribution in [0.4, 0.5) is 5.95 Å². The number of hydrogen-bond donors (Lipinski definition) is 1. The second-order valence-corrected chi connectivity index (χ2v) is 4.37. The van der Waals surface area contributed by atoms with E-state index in [1.165, 1.54) is 0 Å². The summed E-state index contributed by atoms with van der Waals surface area (Å²) in [4.78, 5) is 10.4. The van der Waals surface area contributed by atoms with Gasteiger partial charge in [0.2, 0.25) is 5.95 Å². The predicted octanol–water partition coefficient (Wildman–Crippen LogP) is 1.34. The van der Waals surface area contributed by atoms with Crippen molar-refractivity contribution in [1.29, 1.82) is 0 Å². The van der Waals surface area contributed by atoms with E-state index in [0.717, 1.165) is 19.5 Å². The summed E-state index contributed by atoms with van der Waals surface area (Å²) >= 11 is 5.71. The molecule has 0 amide bonds. The summed E-state index contributed by atoms with van der Waals surface area (Å²) in [6, 6.07) is 0. The number of aliphatic hydroxyl groups is 1. The molecule has 1 aromatic heterocycles. The molecule has 1 saturated heterocycles. The molecule has 4 nitrogen and oxygen atoms in total. The maximum absolute atomic E-state index is 9.47. The zero-order chi connectivity index (χ0) is 10.8. The van der Waals surface area contributed by atoms with E-state index in [-0.39, 0.29) is 6.10 Å². The Morgan fingerprint density at radius 3 is 2.73 bits per heavy atom. The summed E-state index contributed by atoms with van der Waals surface area (Å²) in [5.74, 6) is 1.02. The standard InChI is InChI=1S/C10H14ClN3O/c1-7(15)8-2-3-14(6-8)10-12-4-9(11)5-13-10/h4-5,7-8,15H,2-3,6H2,1H3. The molecule has 1 aliphatic rings. The Bertz CT molecular complexity index is 328. The minimum atomic E-state index is -0.262. The van der Waals surface area contributed by atoms with Gasteiger partial charge in [0.25, 0.3) is 0 Å². The van der Waals surface area contributed by atoms with E-state index in [1.807, 2.05) is 6.92 Å². The lowest BCUT2D eigenvalue weighted by atomic mass is 10.0. The molecule has 1 N–H and O–H groups in total. The first-order chi connectivity index (χ1) is 7.16. The topological polar surface area (TPSA) is 49.2 Å². The first-order valence-electron chi connectivity index (χ1n) is 5.07. The van der Waals surface area contributed by atoms with Gasteiger partial charge in [0, 0.05) is 19.0 Å². The number of rotatable bonds is 2. The number of aromatic nitrogens is 2. The average molecular weight is 228 g/mol. The Kier molecular flexibility index (Phi) is 3.07. The van der Waals surface area contributed by atoms with Gasteiger partial charge in [-0.3, -0.25) is 0 Å². The van der Waals surface area contributed by atoms with Gasteiger partial charge in [-0.1, -0.05) is 11.6 Å². The van der Waals surface area contributed by atoms with E-state index >= 15 is 0 Å². The van der Waals surface area contributed by atoms with E-state index in [2.05, 4.69) is 14.9 Å². The quantitative estimate of drug-likeness (QED) is 0.829. The molecule has 2 atom stereocenters.